The first kappa shape index (κ1) is 22.2. The molecule has 0 fully saturated rings. The minimum absolute atomic E-state index is 0.191. The molecule has 0 bridgehead atoms. The molecule has 1 aliphatic rings. The van der Waals surface area contributed by atoms with E-state index in [0.29, 0.717) is 6.42 Å². The van der Waals surface area contributed by atoms with Gasteiger partial charge in [-0.05, 0) is 51.0 Å². The summed E-state index contributed by atoms with van der Waals surface area (Å²) in [6.07, 6.45) is 0.602. The third kappa shape index (κ3) is 4.33. The molecule has 3 aromatic rings. The van der Waals surface area contributed by atoms with Crippen molar-refractivity contribution >= 4 is 15.7 Å². The Bertz CT molecular complexity index is 1200. The molecule has 0 amide bonds. The molecule has 3 aromatic carbocycles. The summed E-state index contributed by atoms with van der Waals surface area (Å²) >= 11 is 0. The molecule has 1 atom stereocenters. The Morgan fingerprint density at radius 1 is 0.844 bits per heavy atom. The molecule has 6 heteroatoms. The van der Waals surface area contributed by atoms with Crippen molar-refractivity contribution < 1.29 is 8.42 Å². The minimum Gasteiger partial charge on any atom is -0.198 e. The van der Waals surface area contributed by atoms with Gasteiger partial charge >= 0.3 is 0 Å². The summed E-state index contributed by atoms with van der Waals surface area (Å²) in [5.74, 6) is 0. The molecule has 0 saturated heterocycles. The number of hydrazine groups is 1. The normalized spacial score (nSPS) is 17.8. The Morgan fingerprint density at radius 3 is 1.97 bits per heavy atom. The van der Waals surface area contributed by atoms with Crippen LogP contribution < -0.4 is 0 Å². The van der Waals surface area contributed by atoms with E-state index in [1.165, 1.54) is 4.52 Å². The monoisotopic (exact) mass is 447 g/mol. The first-order chi connectivity index (χ1) is 15.2. The maximum Gasteiger partial charge on any atom is 0.293 e. The summed E-state index contributed by atoms with van der Waals surface area (Å²) < 4.78 is 29.0. The summed E-state index contributed by atoms with van der Waals surface area (Å²) in [4.78, 5) is 0.224. The maximum absolute atomic E-state index is 13.9. The average Bonchev–Trinajstić information content (AvgIpc) is 2.79. The molecule has 1 heterocycles. The second-order valence-corrected chi connectivity index (χ2v) is 10.8. The van der Waals surface area contributed by atoms with Crippen LogP contribution in [0.25, 0.3) is 0 Å². The Morgan fingerprint density at radius 2 is 1.41 bits per heavy atom. The lowest BCUT2D eigenvalue weighted by atomic mass is 9.93. The molecule has 0 radical (unpaired) electrons. The van der Waals surface area contributed by atoms with Gasteiger partial charge in [-0.1, -0.05) is 78.4 Å². The van der Waals surface area contributed by atoms with E-state index < -0.39 is 15.6 Å². The van der Waals surface area contributed by atoms with E-state index in [4.69, 9.17) is 5.10 Å². The minimum atomic E-state index is -3.92. The quantitative estimate of drug-likeness (QED) is 0.527. The zero-order valence-electron chi connectivity index (χ0n) is 18.9. The lowest BCUT2D eigenvalue weighted by molar-refractivity contribution is -0.0710. The van der Waals surface area contributed by atoms with Crippen LogP contribution in [0.5, 0.6) is 0 Å². The van der Waals surface area contributed by atoms with Crippen molar-refractivity contribution in [3.05, 3.63) is 102 Å². The third-order valence-corrected chi connectivity index (χ3v) is 7.14. The summed E-state index contributed by atoms with van der Waals surface area (Å²) in [6, 6.07) is 26.6. The van der Waals surface area contributed by atoms with Gasteiger partial charge in [-0.25, -0.2) is 0 Å². The number of hydrogen-bond donors (Lipinski definition) is 0. The first-order valence-corrected chi connectivity index (χ1v) is 12.2. The highest BCUT2D eigenvalue weighted by atomic mass is 32.2. The van der Waals surface area contributed by atoms with Crippen LogP contribution >= 0.6 is 0 Å². The standard InChI is InChI=1S/C26H29N3O2S/c1-20-15-17-23(18-16-20)32(30,31)29-27-24(21-11-7-5-8-12-21)19-25(28(29)26(2,3)4)22-13-9-6-10-14-22/h5-18,25H,19H2,1-4H3. The van der Waals surface area contributed by atoms with E-state index in [-0.39, 0.29) is 10.9 Å². The zero-order valence-corrected chi connectivity index (χ0v) is 19.8. The lowest BCUT2D eigenvalue weighted by Gasteiger charge is -2.48. The van der Waals surface area contributed by atoms with Crippen LogP contribution in [0.1, 0.15) is 49.9 Å². The lowest BCUT2D eigenvalue weighted by Crippen LogP contribution is -2.57. The van der Waals surface area contributed by atoms with Crippen LogP contribution in [-0.2, 0) is 10.0 Å². The second kappa shape index (κ2) is 8.52. The van der Waals surface area contributed by atoms with Gasteiger partial charge in [-0.2, -0.15) is 13.4 Å². The highest BCUT2D eigenvalue weighted by molar-refractivity contribution is 7.89. The Hall–Kier alpha value is -2.96. The molecule has 166 valence electrons. The van der Waals surface area contributed by atoms with Gasteiger partial charge in [0.25, 0.3) is 10.0 Å². The predicted octanol–water partition coefficient (Wildman–Crippen LogP) is 5.55. The van der Waals surface area contributed by atoms with Crippen LogP contribution in [0, 0.1) is 6.92 Å². The molecular weight excluding hydrogens is 418 g/mol. The molecule has 1 aliphatic heterocycles. The van der Waals surface area contributed by atoms with Crippen molar-refractivity contribution in [2.24, 2.45) is 5.10 Å². The van der Waals surface area contributed by atoms with Gasteiger partial charge in [0.2, 0.25) is 0 Å². The number of nitrogens with zero attached hydrogens (tertiary/aromatic N) is 3. The van der Waals surface area contributed by atoms with Crippen molar-refractivity contribution in [2.45, 2.75) is 50.6 Å². The van der Waals surface area contributed by atoms with Gasteiger partial charge in [0.1, 0.15) is 0 Å². The molecule has 1 unspecified atom stereocenters. The molecule has 0 saturated carbocycles. The number of benzene rings is 3. The van der Waals surface area contributed by atoms with E-state index >= 15 is 0 Å². The largest absolute Gasteiger partial charge is 0.293 e. The maximum atomic E-state index is 13.9. The molecular formula is C26H29N3O2S. The van der Waals surface area contributed by atoms with E-state index in [2.05, 4.69) is 0 Å². The van der Waals surface area contributed by atoms with Crippen molar-refractivity contribution in [1.82, 2.24) is 9.53 Å². The van der Waals surface area contributed by atoms with Crippen molar-refractivity contribution in [3.8, 4) is 0 Å². The first-order valence-electron chi connectivity index (χ1n) is 10.8. The Kier molecular flexibility index (Phi) is 5.93. The predicted molar refractivity (Wildman–Crippen MR) is 129 cm³/mol. The summed E-state index contributed by atoms with van der Waals surface area (Å²) in [7, 11) is -3.92. The average molecular weight is 448 g/mol. The van der Waals surface area contributed by atoms with Crippen LogP contribution in [-0.4, -0.2) is 29.2 Å². The van der Waals surface area contributed by atoms with Gasteiger partial charge < -0.3 is 0 Å². The summed E-state index contributed by atoms with van der Waals surface area (Å²) in [5.41, 5.74) is 3.23. The molecule has 0 aromatic heterocycles. The van der Waals surface area contributed by atoms with Gasteiger partial charge in [-0.3, -0.25) is 0 Å². The topological polar surface area (TPSA) is 53.0 Å². The fraction of sp³-hybridized carbons (Fsp3) is 0.269. The number of aryl methyl sites for hydroxylation is 1. The SMILES string of the molecule is Cc1ccc(S(=O)(=O)N2N=C(c3ccccc3)CC(c3ccccc3)N2C(C)(C)C)cc1. The number of hydrogen-bond acceptors (Lipinski definition) is 4. The van der Waals surface area contributed by atoms with Crippen molar-refractivity contribution in [3.63, 3.8) is 0 Å². The molecule has 0 N–H and O–H groups in total. The van der Waals surface area contributed by atoms with Crippen LogP contribution in [0.4, 0.5) is 0 Å². The van der Waals surface area contributed by atoms with Crippen LogP contribution in [0.15, 0.2) is 94.9 Å². The highest BCUT2D eigenvalue weighted by Gasteiger charge is 2.44. The Balaban J connectivity index is 1.93. The third-order valence-electron chi connectivity index (χ3n) is 5.58. The van der Waals surface area contributed by atoms with E-state index in [9.17, 15) is 8.42 Å². The van der Waals surface area contributed by atoms with Gasteiger partial charge in [0, 0.05) is 12.0 Å². The number of sulfonamides is 1. The zero-order chi connectivity index (χ0) is 22.9. The Labute approximate surface area is 191 Å². The highest BCUT2D eigenvalue weighted by Crippen LogP contribution is 2.39. The molecule has 0 aliphatic carbocycles. The van der Waals surface area contributed by atoms with E-state index in [0.717, 1.165) is 22.4 Å². The fourth-order valence-electron chi connectivity index (χ4n) is 4.02. The molecule has 0 spiro atoms. The van der Waals surface area contributed by atoms with Gasteiger partial charge in [-0.15, -0.1) is 9.62 Å². The van der Waals surface area contributed by atoms with Crippen LogP contribution in [0.3, 0.4) is 0 Å². The summed E-state index contributed by atoms with van der Waals surface area (Å²) in [5, 5.41) is 6.63. The van der Waals surface area contributed by atoms with Gasteiger partial charge in [0.15, 0.2) is 0 Å². The number of rotatable bonds is 4. The van der Waals surface area contributed by atoms with Gasteiger partial charge in [0.05, 0.1) is 16.6 Å². The van der Waals surface area contributed by atoms with Crippen LogP contribution in [0.2, 0.25) is 0 Å². The van der Waals surface area contributed by atoms with Crippen molar-refractivity contribution in [1.29, 1.82) is 0 Å². The second-order valence-electron chi connectivity index (χ2n) is 9.10. The van der Waals surface area contributed by atoms with E-state index in [1.54, 1.807) is 12.1 Å². The fourth-order valence-corrected chi connectivity index (χ4v) is 5.48. The summed E-state index contributed by atoms with van der Waals surface area (Å²) in [6.45, 7) is 7.99. The molecule has 5 nitrogen and oxygen atoms in total. The number of hydrazone groups is 1. The van der Waals surface area contributed by atoms with E-state index in [1.807, 2.05) is 106 Å². The molecule has 32 heavy (non-hydrogen) atoms. The molecule has 4 rings (SSSR count). The smallest absolute Gasteiger partial charge is 0.198 e. The van der Waals surface area contributed by atoms with Crippen molar-refractivity contribution in [2.75, 3.05) is 0 Å².